The average molecular weight is 453 g/mol. The summed E-state index contributed by atoms with van der Waals surface area (Å²) in [5.41, 5.74) is 5.35. The van der Waals surface area contributed by atoms with Crippen molar-refractivity contribution in [3.8, 4) is 5.75 Å². The third kappa shape index (κ3) is 5.93. The van der Waals surface area contributed by atoms with Gasteiger partial charge in [-0.2, -0.15) is 0 Å². The average Bonchev–Trinajstić information content (AvgIpc) is 3.53. The van der Waals surface area contributed by atoms with E-state index in [0.29, 0.717) is 17.1 Å². The largest absolute Gasteiger partial charge is 0.486 e. The van der Waals surface area contributed by atoms with E-state index in [1.165, 1.54) is 6.07 Å². The van der Waals surface area contributed by atoms with E-state index in [0.717, 1.165) is 30.1 Å². The maximum atomic E-state index is 12.6. The summed E-state index contributed by atoms with van der Waals surface area (Å²) in [6.45, 7) is 0.991. The van der Waals surface area contributed by atoms with E-state index >= 15 is 0 Å². The molecule has 1 aliphatic heterocycles. The highest BCUT2D eigenvalue weighted by atomic mass is 32.2. The Morgan fingerprint density at radius 2 is 1.75 bits per heavy atom. The van der Waals surface area contributed by atoms with Gasteiger partial charge < -0.3 is 13.9 Å². The standard InChI is InChI=1S/C24H24N2O5S/c27-23(20-10-4-5-11-22(20)32-16-19-9-6-14-29-19)25-26-24(28)21-13-12-18(31-21)15-30-17-7-2-1-3-8-17/h1-5,7-8,10-13,19H,6,9,14-16H2,(H,25,27)(H,26,28). The van der Waals surface area contributed by atoms with Crippen LogP contribution in [0.2, 0.25) is 0 Å². The highest BCUT2D eigenvalue weighted by Crippen LogP contribution is 2.26. The Morgan fingerprint density at radius 1 is 0.969 bits per heavy atom. The van der Waals surface area contributed by atoms with Crippen LogP contribution in [0.4, 0.5) is 0 Å². The molecule has 0 spiro atoms. The molecule has 32 heavy (non-hydrogen) atoms. The Labute approximate surface area is 190 Å². The Balaban J connectivity index is 1.28. The quantitative estimate of drug-likeness (QED) is 0.393. The number of furan rings is 1. The van der Waals surface area contributed by atoms with Crippen molar-refractivity contribution < 1.29 is 23.5 Å². The van der Waals surface area contributed by atoms with Crippen LogP contribution in [0.1, 0.15) is 39.5 Å². The first kappa shape index (κ1) is 22.0. The van der Waals surface area contributed by atoms with E-state index in [4.69, 9.17) is 13.9 Å². The van der Waals surface area contributed by atoms with E-state index in [9.17, 15) is 9.59 Å². The molecule has 2 N–H and O–H groups in total. The number of amides is 2. The van der Waals surface area contributed by atoms with Crippen LogP contribution in [-0.4, -0.2) is 30.3 Å². The number of hydrogen-bond acceptors (Lipinski definition) is 6. The number of hydrazine groups is 1. The molecular formula is C24H24N2O5S. The third-order valence-electron chi connectivity index (χ3n) is 4.88. The zero-order chi connectivity index (χ0) is 22.2. The number of ether oxygens (including phenoxy) is 2. The van der Waals surface area contributed by atoms with Gasteiger partial charge in [-0.25, -0.2) is 0 Å². The molecule has 0 radical (unpaired) electrons. The van der Waals surface area contributed by atoms with E-state index in [2.05, 4.69) is 10.9 Å². The molecule has 166 valence electrons. The molecule has 7 nitrogen and oxygen atoms in total. The second kappa shape index (κ2) is 10.9. The maximum Gasteiger partial charge on any atom is 0.305 e. The van der Waals surface area contributed by atoms with Gasteiger partial charge in [0, 0.05) is 17.3 Å². The molecule has 1 aliphatic rings. The van der Waals surface area contributed by atoms with Gasteiger partial charge in [0.05, 0.1) is 11.7 Å². The number of benzene rings is 2. The Hall–Kier alpha value is -3.23. The van der Waals surface area contributed by atoms with Gasteiger partial charge in [0.25, 0.3) is 5.91 Å². The Kier molecular flexibility index (Phi) is 7.47. The van der Waals surface area contributed by atoms with Crippen LogP contribution in [0, 0.1) is 0 Å². The molecule has 1 atom stereocenters. The summed E-state index contributed by atoms with van der Waals surface area (Å²) in [4.78, 5) is 25.9. The zero-order valence-electron chi connectivity index (χ0n) is 17.4. The topological polar surface area (TPSA) is 89.8 Å². The molecule has 0 aliphatic carbocycles. The normalized spacial score (nSPS) is 15.3. The Morgan fingerprint density at radius 3 is 2.56 bits per heavy atom. The first-order chi connectivity index (χ1) is 15.7. The summed E-state index contributed by atoms with van der Waals surface area (Å²) in [6, 6.07) is 19.8. The van der Waals surface area contributed by atoms with Crippen LogP contribution in [0.5, 0.6) is 5.75 Å². The molecule has 2 amide bonds. The minimum atomic E-state index is -0.547. The second-order valence-corrected chi connectivity index (χ2v) is 8.28. The fourth-order valence-corrected chi connectivity index (χ4v) is 4.35. The SMILES string of the molecule is O=C(NNC(=O)c1ccccc1SCC1CCCO1)c1ccc(COc2ccccc2)o1. The van der Waals surface area contributed by atoms with Crippen LogP contribution in [0.25, 0.3) is 0 Å². The number of rotatable bonds is 8. The molecule has 2 heterocycles. The number of thioether (sulfide) groups is 1. The monoisotopic (exact) mass is 452 g/mol. The van der Waals surface area contributed by atoms with E-state index in [1.54, 1.807) is 30.0 Å². The smallest absolute Gasteiger partial charge is 0.305 e. The summed E-state index contributed by atoms with van der Waals surface area (Å²) in [5.74, 6) is 1.14. The number of para-hydroxylation sites is 1. The van der Waals surface area contributed by atoms with Crippen molar-refractivity contribution in [2.45, 2.75) is 30.4 Å². The lowest BCUT2D eigenvalue weighted by Crippen LogP contribution is -2.41. The molecule has 4 rings (SSSR count). The number of hydrogen-bond donors (Lipinski definition) is 2. The van der Waals surface area contributed by atoms with Crippen molar-refractivity contribution in [3.05, 3.63) is 83.8 Å². The van der Waals surface area contributed by atoms with Crippen molar-refractivity contribution in [2.24, 2.45) is 0 Å². The number of carbonyl (C=O) groups excluding carboxylic acids is 2. The molecule has 1 unspecified atom stereocenters. The van der Waals surface area contributed by atoms with Crippen molar-refractivity contribution in [2.75, 3.05) is 12.4 Å². The van der Waals surface area contributed by atoms with Crippen LogP contribution < -0.4 is 15.6 Å². The third-order valence-corrected chi connectivity index (χ3v) is 6.09. The lowest BCUT2D eigenvalue weighted by Gasteiger charge is -2.12. The number of nitrogens with one attached hydrogen (secondary N) is 2. The minimum absolute atomic E-state index is 0.0815. The van der Waals surface area contributed by atoms with Gasteiger partial charge in [-0.05, 0) is 49.2 Å². The molecule has 1 aromatic heterocycles. The van der Waals surface area contributed by atoms with Gasteiger partial charge in [0.2, 0.25) is 0 Å². The van der Waals surface area contributed by atoms with Gasteiger partial charge >= 0.3 is 5.91 Å². The second-order valence-electron chi connectivity index (χ2n) is 7.22. The highest BCUT2D eigenvalue weighted by Gasteiger charge is 2.19. The van der Waals surface area contributed by atoms with Crippen LogP contribution in [0.3, 0.4) is 0 Å². The van der Waals surface area contributed by atoms with E-state index < -0.39 is 11.8 Å². The lowest BCUT2D eigenvalue weighted by atomic mass is 10.2. The van der Waals surface area contributed by atoms with Crippen molar-refractivity contribution in [1.82, 2.24) is 10.9 Å². The van der Waals surface area contributed by atoms with Crippen LogP contribution in [0.15, 0.2) is 76.0 Å². The lowest BCUT2D eigenvalue weighted by molar-refractivity contribution is 0.0827. The predicted molar refractivity (Wildman–Crippen MR) is 121 cm³/mol. The predicted octanol–water partition coefficient (Wildman–Crippen LogP) is 4.20. The van der Waals surface area contributed by atoms with Crippen molar-refractivity contribution in [1.29, 1.82) is 0 Å². The highest BCUT2D eigenvalue weighted by molar-refractivity contribution is 7.99. The molecule has 8 heteroatoms. The molecule has 2 aromatic carbocycles. The first-order valence-corrected chi connectivity index (χ1v) is 11.4. The van der Waals surface area contributed by atoms with Gasteiger partial charge in [-0.3, -0.25) is 20.4 Å². The molecular weight excluding hydrogens is 428 g/mol. The van der Waals surface area contributed by atoms with E-state index in [-0.39, 0.29) is 18.5 Å². The Bertz CT molecular complexity index is 1050. The van der Waals surface area contributed by atoms with Crippen LogP contribution in [-0.2, 0) is 11.3 Å². The molecule has 1 fully saturated rings. The van der Waals surface area contributed by atoms with Crippen LogP contribution >= 0.6 is 11.8 Å². The summed E-state index contributed by atoms with van der Waals surface area (Å²) in [7, 11) is 0. The maximum absolute atomic E-state index is 12.6. The summed E-state index contributed by atoms with van der Waals surface area (Å²) < 4.78 is 16.8. The summed E-state index contributed by atoms with van der Waals surface area (Å²) in [6.07, 6.45) is 2.33. The van der Waals surface area contributed by atoms with Gasteiger partial charge in [0.1, 0.15) is 18.1 Å². The fourth-order valence-electron chi connectivity index (χ4n) is 3.23. The summed E-state index contributed by atoms with van der Waals surface area (Å²) in [5, 5.41) is 0. The summed E-state index contributed by atoms with van der Waals surface area (Å²) >= 11 is 1.58. The number of carbonyl (C=O) groups is 2. The fraction of sp³-hybridized carbons (Fsp3) is 0.250. The van der Waals surface area contributed by atoms with Gasteiger partial charge in [-0.1, -0.05) is 30.3 Å². The molecule has 0 bridgehead atoms. The molecule has 0 saturated carbocycles. The van der Waals surface area contributed by atoms with Gasteiger partial charge in [-0.15, -0.1) is 11.8 Å². The first-order valence-electron chi connectivity index (χ1n) is 10.4. The molecule has 3 aromatic rings. The van der Waals surface area contributed by atoms with Gasteiger partial charge in [0.15, 0.2) is 5.76 Å². The molecule has 1 saturated heterocycles. The van der Waals surface area contributed by atoms with Crippen molar-refractivity contribution in [3.63, 3.8) is 0 Å². The minimum Gasteiger partial charge on any atom is -0.486 e. The van der Waals surface area contributed by atoms with E-state index in [1.807, 2.05) is 42.5 Å². The van der Waals surface area contributed by atoms with Crippen molar-refractivity contribution >= 4 is 23.6 Å². The zero-order valence-corrected chi connectivity index (χ0v) is 18.2.